The zero-order valence-electron chi connectivity index (χ0n) is 6.78. The molecule has 0 unspecified atom stereocenters. The second-order valence-corrected chi connectivity index (χ2v) is 2.95. The van der Waals surface area contributed by atoms with Crippen molar-refractivity contribution in [2.75, 3.05) is 20.2 Å². The number of rotatable bonds is 1. The highest BCUT2D eigenvalue weighted by Crippen LogP contribution is 2.08. The summed E-state index contributed by atoms with van der Waals surface area (Å²) in [5.74, 6) is -0.872. The lowest BCUT2D eigenvalue weighted by atomic mass is 10.2. The third kappa shape index (κ3) is 1.91. The molecule has 1 heterocycles. The Labute approximate surface area is 65.8 Å². The van der Waals surface area contributed by atoms with E-state index in [-0.39, 0.29) is 0 Å². The van der Waals surface area contributed by atoms with Crippen LogP contribution >= 0.6 is 0 Å². The van der Waals surface area contributed by atoms with Crippen molar-refractivity contribution >= 4 is 5.97 Å². The SMILES string of the molecule is C[C@@H]1CO[C@H](C(=O)O)CN1C. The molecule has 0 bridgehead atoms. The van der Waals surface area contributed by atoms with E-state index >= 15 is 0 Å². The van der Waals surface area contributed by atoms with Crippen LogP contribution in [0.4, 0.5) is 0 Å². The summed E-state index contributed by atoms with van der Waals surface area (Å²) in [6.45, 7) is 3.00. The largest absolute Gasteiger partial charge is 0.479 e. The maximum atomic E-state index is 10.5. The molecule has 4 heteroatoms. The zero-order chi connectivity index (χ0) is 8.43. The van der Waals surface area contributed by atoms with Crippen LogP contribution in [0, 0.1) is 0 Å². The topological polar surface area (TPSA) is 49.8 Å². The molecule has 11 heavy (non-hydrogen) atoms. The van der Waals surface area contributed by atoms with Crippen molar-refractivity contribution in [3.63, 3.8) is 0 Å². The van der Waals surface area contributed by atoms with E-state index in [1.807, 2.05) is 18.9 Å². The minimum atomic E-state index is -0.872. The van der Waals surface area contributed by atoms with Gasteiger partial charge in [-0.25, -0.2) is 4.79 Å². The molecular formula is C7H13NO3. The molecule has 64 valence electrons. The first-order valence-corrected chi connectivity index (χ1v) is 3.66. The fraction of sp³-hybridized carbons (Fsp3) is 0.857. The molecule has 4 nitrogen and oxygen atoms in total. The van der Waals surface area contributed by atoms with Crippen molar-refractivity contribution in [2.45, 2.75) is 19.1 Å². The fourth-order valence-corrected chi connectivity index (χ4v) is 1.03. The lowest BCUT2D eigenvalue weighted by molar-refractivity contribution is -0.157. The molecule has 1 rings (SSSR count). The van der Waals surface area contributed by atoms with E-state index in [4.69, 9.17) is 9.84 Å². The van der Waals surface area contributed by atoms with Gasteiger partial charge in [0.2, 0.25) is 0 Å². The van der Waals surface area contributed by atoms with E-state index in [0.29, 0.717) is 19.2 Å². The van der Waals surface area contributed by atoms with E-state index in [0.717, 1.165) is 0 Å². The lowest BCUT2D eigenvalue weighted by Crippen LogP contribution is -2.48. The third-order valence-electron chi connectivity index (χ3n) is 2.02. The number of carbonyl (C=O) groups is 1. The average Bonchev–Trinajstić information content (AvgIpc) is 1.94. The number of likely N-dealkylation sites (N-methyl/N-ethyl adjacent to an activating group) is 1. The van der Waals surface area contributed by atoms with Gasteiger partial charge in [0.1, 0.15) is 0 Å². The van der Waals surface area contributed by atoms with Gasteiger partial charge in [-0.15, -0.1) is 0 Å². The fourth-order valence-electron chi connectivity index (χ4n) is 1.03. The van der Waals surface area contributed by atoms with Crippen LogP contribution in [0.5, 0.6) is 0 Å². The summed E-state index contributed by atoms with van der Waals surface area (Å²) in [5, 5.41) is 8.59. The first kappa shape index (κ1) is 8.49. The normalized spacial score (nSPS) is 33.6. The third-order valence-corrected chi connectivity index (χ3v) is 2.02. The Morgan fingerprint density at radius 1 is 1.73 bits per heavy atom. The maximum Gasteiger partial charge on any atom is 0.334 e. The first-order chi connectivity index (χ1) is 5.11. The molecule has 1 saturated heterocycles. The van der Waals surface area contributed by atoms with Gasteiger partial charge < -0.3 is 9.84 Å². The van der Waals surface area contributed by atoms with Gasteiger partial charge in [0.25, 0.3) is 0 Å². The van der Waals surface area contributed by atoms with E-state index in [9.17, 15) is 4.79 Å². The summed E-state index contributed by atoms with van der Waals surface area (Å²) in [7, 11) is 1.91. The van der Waals surface area contributed by atoms with Crippen molar-refractivity contribution in [3.8, 4) is 0 Å². The van der Waals surface area contributed by atoms with Crippen LogP contribution in [-0.2, 0) is 9.53 Å². The number of aliphatic carboxylic acids is 1. The Balaban J connectivity index is 2.46. The summed E-state index contributed by atoms with van der Waals surface area (Å²) in [5.41, 5.74) is 0. The van der Waals surface area contributed by atoms with Crippen molar-refractivity contribution in [2.24, 2.45) is 0 Å². The van der Waals surface area contributed by atoms with Crippen LogP contribution < -0.4 is 0 Å². The molecule has 0 aromatic carbocycles. The Morgan fingerprint density at radius 3 is 2.82 bits per heavy atom. The number of hydrogen-bond donors (Lipinski definition) is 1. The number of hydrogen-bond acceptors (Lipinski definition) is 3. The van der Waals surface area contributed by atoms with Crippen molar-refractivity contribution < 1.29 is 14.6 Å². The molecule has 1 N–H and O–H groups in total. The van der Waals surface area contributed by atoms with Crippen LogP contribution in [-0.4, -0.2) is 48.3 Å². The van der Waals surface area contributed by atoms with E-state index in [1.54, 1.807) is 0 Å². The molecular weight excluding hydrogens is 146 g/mol. The smallest absolute Gasteiger partial charge is 0.334 e. The molecule has 0 spiro atoms. The number of carboxylic acids is 1. The second-order valence-electron chi connectivity index (χ2n) is 2.95. The molecule has 0 aromatic rings. The minimum Gasteiger partial charge on any atom is -0.479 e. The predicted molar refractivity (Wildman–Crippen MR) is 39.5 cm³/mol. The highest BCUT2D eigenvalue weighted by atomic mass is 16.5. The highest BCUT2D eigenvalue weighted by Gasteiger charge is 2.27. The second kappa shape index (κ2) is 3.19. The zero-order valence-corrected chi connectivity index (χ0v) is 6.78. The average molecular weight is 159 g/mol. The van der Waals surface area contributed by atoms with Crippen LogP contribution in [0.3, 0.4) is 0 Å². The summed E-state index contributed by atoms with van der Waals surface area (Å²) in [6, 6.07) is 0.325. The van der Waals surface area contributed by atoms with E-state index in [1.165, 1.54) is 0 Å². The van der Waals surface area contributed by atoms with Gasteiger partial charge in [0, 0.05) is 12.6 Å². The molecule has 0 saturated carbocycles. The van der Waals surface area contributed by atoms with Gasteiger partial charge in [-0.05, 0) is 14.0 Å². The van der Waals surface area contributed by atoms with E-state index in [2.05, 4.69) is 0 Å². The van der Waals surface area contributed by atoms with Gasteiger partial charge >= 0.3 is 5.97 Å². The molecule has 1 aliphatic rings. The Kier molecular flexibility index (Phi) is 2.46. The maximum absolute atomic E-state index is 10.5. The first-order valence-electron chi connectivity index (χ1n) is 3.66. The van der Waals surface area contributed by atoms with Crippen LogP contribution in [0.25, 0.3) is 0 Å². The number of nitrogens with zero attached hydrogens (tertiary/aromatic N) is 1. The van der Waals surface area contributed by atoms with E-state index < -0.39 is 12.1 Å². The van der Waals surface area contributed by atoms with Crippen molar-refractivity contribution in [3.05, 3.63) is 0 Å². The molecule has 1 fully saturated rings. The summed E-state index contributed by atoms with van der Waals surface area (Å²) in [4.78, 5) is 12.4. The Morgan fingerprint density at radius 2 is 2.36 bits per heavy atom. The highest BCUT2D eigenvalue weighted by molar-refractivity contribution is 5.72. The Bertz CT molecular complexity index is 160. The minimum absolute atomic E-state index is 0.325. The molecule has 2 atom stereocenters. The molecule has 0 radical (unpaired) electrons. The van der Waals surface area contributed by atoms with Gasteiger partial charge in [0.15, 0.2) is 6.10 Å². The summed E-state index contributed by atoms with van der Waals surface area (Å²) < 4.78 is 5.08. The lowest BCUT2D eigenvalue weighted by Gasteiger charge is -2.33. The van der Waals surface area contributed by atoms with Gasteiger partial charge in [-0.3, -0.25) is 4.90 Å². The van der Waals surface area contributed by atoms with Gasteiger partial charge in [-0.1, -0.05) is 0 Å². The van der Waals surface area contributed by atoms with Gasteiger partial charge in [-0.2, -0.15) is 0 Å². The Hall–Kier alpha value is -0.610. The number of morpholine rings is 1. The van der Waals surface area contributed by atoms with Crippen LogP contribution in [0.2, 0.25) is 0 Å². The van der Waals surface area contributed by atoms with Crippen molar-refractivity contribution in [1.82, 2.24) is 4.90 Å². The molecule has 0 aromatic heterocycles. The quantitative estimate of drug-likeness (QED) is 0.575. The number of ether oxygens (including phenoxy) is 1. The molecule has 0 amide bonds. The monoisotopic (exact) mass is 159 g/mol. The van der Waals surface area contributed by atoms with Crippen LogP contribution in [0.15, 0.2) is 0 Å². The number of carboxylic acid groups (broad SMARTS) is 1. The predicted octanol–water partition coefficient (Wildman–Crippen LogP) is -0.210. The molecule has 0 aliphatic carbocycles. The summed E-state index contributed by atoms with van der Waals surface area (Å²) in [6.07, 6.45) is -0.642. The van der Waals surface area contributed by atoms with Gasteiger partial charge in [0.05, 0.1) is 6.61 Å². The van der Waals surface area contributed by atoms with Crippen LogP contribution in [0.1, 0.15) is 6.92 Å². The summed E-state index contributed by atoms with van der Waals surface area (Å²) >= 11 is 0. The van der Waals surface area contributed by atoms with Crippen molar-refractivity contribution in [1.29, 1.82) is 0 Å². The standard InChI is InChI=1S/C7H13NO3/c1-5-4-11-6(7(9)10)3-8(5)2/h5-6H,3-4H2,1-2H3,(H,9,10)/t5-,6+/m1/s1. The molecule has 1 aliphatic heterocycles.